The zero-order chi connectivity index (χ0) is 15.8. The molecule has 0 radical (unpaired) electrons. The highest BCUT2D eigenvalue weighted by Gasteiger charge is 2.30. The zero-order valence-electron chi connectivity index (χ0n) is 13.5. The van der Waals surface area contributed by atoms with Gasteiger partial charge in [-0.25, -0.2) is 0 Å². The fraction of sp³-hybridized carbons (Fsp3) is 0.611. The lowest BCUT2D eigenvalue weighted by molar-refractivity contribution is -0.136. The van der Waals surface area contributed by atoms with Crippen molar-refractivity contribution < 1.29 is 9.53 Å². The molecule has 1 aromatic carbocycles. The van der Waals surface area contributed by atoms with E-state index < -0.39 is 0 Å². The van der Waals surface area contributed by atoms with E-state index in [0.717, 1.165) is 45.3 Å². The predicted molar refractivity (Wildman–Crippen MR) is 88.3 cm³/mol. The third-order valence-electron chi connectivity index (χ3n) is 4.38. The summed E-state index contributed by atoms with van der Waals surface area (Å²) in [4.78, 5) is 14.8. The van der Waals surface area contributed by atoms with Gasteiger partial charge in [-0.2, -0.15) is 0 Å². The number of carbonyl (C=O) groups is 1. The number of rotatable bonds is 8. The summed E-state index contributed by atoms with van der Waals surface area (Å²) in [5.74, 6) is 0.385. The van der Waals surface area contributed by atoms with Gasteiger partial charge in [0.1, 0.15) is 0 Å². The number of hydrogen-bond donors (Lipinski definition) is 1. The molecule has 2 unspecified atom stereocenters. The molecule has 4 heteroatoms. The van der Waals surface area contributed by atoms with Gasteiger partial charge in [0, 0.05) is 38.8 Å². The quantitative estimate of drug-likeness (QED) is 0.751. The molecule has 1 amide bonds. The fourth-order valence-electron chi connectivity index (χ4n) is 3.12. The van der Waals surface area contributed by atoms with Gasteiger partial charge in [-0.05, 0) is 37.7 Å². The van der Waals surface area contributed by atoms with E-state index in [2.05, 4.69) is 12.1 Å². The third-order valence-corrected chi connectivity index (χ3v) is 4.38. The van der Waals surface area contributed by atoms with Gasteiger partial charge in [-0.1, -0.05) is 30.3 Å². The molecule has 1 fully saturated rings. The van der Waals surface area contributed by atoms with E-state index in [0.29, 0.717) is 6.54 Å². The first-order valence-electron chi connectivity index (χ1n) is 8.28. The smallest absolute Gasteiger partial charge is 0.226 e. The highest BCUT2D eigenvalue weighted by Crippen LogP contribution is 2.26. The molecule has 122 valence electrons. The number of benzene rings is 1. The van der Waals surface area contributed by atoms with E-state index >= 15 is 0 Å². The van der Waals surface area contributed by atoms with Gasteiger partial charge in [0.2, 0.25) is 5.91 Å². The van der Waals surface area contributed by atoms with Crippen molar-refractivity contribution in [3.05, 3.63) is 35.9 Å². The van der Waals surface area contributed by atoms with Crippen LogP contribution in [0.25, 0.3) is 0 Å². The lowest BCUT2D eigenvalue weighted by atomic mass is 10.1. The van der Waals surface area contributed by atoms with Crippen molar-refractivity contribution in [3.63, 3.8) is 0 Å². The summed E-state index contributed by atoms with van der Waals surface area (Å²) < 4.78 is 5.10. The highest BCUT2D eigenvalue weighted by atomic mass is 16.5. The van der Waals surface area contributed by atoms with Crippen LogP contribution in [0.5, 0.6) is 0 Å². The molecular weight excluding hydrogens is 276 g/mol. The van der Waals surface area contributed by atoms with Crippen molar-refractivity contribution in [2.45, 2.75) is 44.7 Å². The van der Waals surface area contributed by atoms with E-state index in [1.165, 1.54) is 5.56 Å². The minimum atomic E-state index is 0.112. The summed E-state index contributed by atoms with van der Waals surface area (Å²) in [5.41, 5.74) is 7.15. The van der Waals surface area contributed by atoms with Crippen molar-refractivity contribution in [2.24, 2.45) is 11.7 Å². The molecule has 0 aromatic heterocycles. The number of hydrogen-bond acceptors (Lipinski definition) is 3. The summed E-state index contributed by atoms with van der Waals surface area (Å²) >= 11 is 0. The van der Waals surface area contributed by atoms with Crippen molar-refractivity contribution in [3.8, 4) is 0 Å². The molecule has 2 rings (SSSR count). The number of amides is 1. The molecule has 0 spiro atoms. The summed E-state index contributed by atoms with van der Waals surface area (Å²) in [6.45, 7) is 2.24. The lowest BCUT2D eigenvalue weighted by Gasteiger charge is -2.26. The molecule has 4 nitrogen and oxygen atoms in total. The molecule has 1 aliphatic rings. The van der Waals surface area contributed by atoms with Crippen molar-refractivity contribution in [1.82, 2.24) is 4.90 Å². The van der Waals surface area contributed by atoms with Gasteiger partial charge in [0.15, 0.2) is 0 Å². The van der Waals surface area contributed by atoms with Crippen LogP contribution in [0, 0.1) is 5.92 Å². The van der Waals surface area contributed by atoms with Crippen LogP contribution in [0.1, 0.15) is 37.7 Å². The molecule has 22 heavy (non-hydrogen) atoms. The first kappa shape index (κ1) is 17.0. The molecule has 1 aliphatic carbocycles. The molecule has 0 aliphatic heterocycles. The Balaban J connectivity index is 1.95. The topological polar surface area (TPSA) is 55.6 Å². The van der Waals surface area contributed by atoms with E-state index in [9.17, 15) is 4.79 Å². The Morgan fingerprint density at radius 2 is 2.05 bits per heavy atom. The Labute approximate surface area is 133 Å². The van der Waals surface area contributed by atoms with Gasteiger partial charge in [-0.3, -0.25) is 4.79 Å². The summed E-state index contributed by atoms with van der Waals surface area (Å²) in [6, 6.07) is 10.4. The van der Waals surface area contributed by atoms with Crippen molar-refractivity contribution >= 4 is 5.91 Å². The van der Waals surface area contributed by atoms with Crippen molar-refractivity contribution in [1.29, 1.82) is 0 Å². The Kier molecular flexibility index (Phi) is 6.87. The van der Waals surface area contributed by atoms with Gasteiger partial charge < -0.3 is 15.4 Å². The maximum Gasteiger partial charge on any atom is 0.226 e. The second-order valence-corrected chi connectivity index (χ2v) is 6.22. The number of ether oxygens (including phenoxy) is 1. The second-order valence-electron chi connectivity index (χ2n) is 6.22. The van der Waals surface area contributed by atoms with Gasteiger partial charge in [0.05, 0.1) is 0 Å². The SMILES string of the molecule is COCCCCN(Cc1ccccc1)C(=O)C1CCC(N)C1. The van der Waals surface area contributed by atoms with Crippen LogP contribution in [0.2, 0.25) is 0 Å². The van der Waals surface area contributed by atoms with Crippen LogP contribution in [-0.2, 0) is 16.1 Å². The molecule has 0 heterocycles. The van der Waals surface area contributed by atoms with Crippen LogP contribution in [0.15, 0.2) is 30.3 Å². The van der Waals surface area contributed by atoms with Crippen LogP contribution >= 0.6 is 0 Å². The molecular formula is C18H28N2O2. The van der Waals surface area contributed by atoms with E-state index in [4.69, 9.17) is 10.5 Å². The van der Waals surface area contributed by atoms with Crippen LogP contribution in [0.4, 0.5) is 0 Å². The molecule has 1 aromatic rings. The summed E-state index contributed by atoms with van der Waals surface area (Å²) in [5, 5.41) is 0. The number of nitrogens with zero attached hydrogens (tertiary/aromatic N) is 1. The normalized spacial score (nSPS) is 21.0. The minimum Gasteiger partial charge on any atom is -0.385 e. The Morgan fingerprint density at radius 3 is 2.68 bits per heavy atom. The highest BCUT2D eigenvalue weighted by molar-refractivity contribution is 5.79. The molecule has 0 saturated heterocycles. The van der Waals surface area contributed by atoms with Crippen LogP contribution < -0.4 is 5.73 Å². The monoisotopic (exact) mass is 304 g/mol. The molecule has 2 atom stereocenters. The molecule has 1 saturated carbocycles. The maximum atomic E-state index is 12.8. The average molecular weight is 304 g/mol. The van der Waals surface area contributed by atoms with Gasteiger partial charge >= 0.3 is 0 Å². The van der Waals surface area contributed by atoms with E-state index in [1.54, 1.807) is 7.11 Å². The minimum absolute atomic E-state index is 0.112. The molecule has 0 bridgehead atoms. The number of methoxy groups -OCH3 is 1. The van der Waals surface area contributed by atoms with Crippen LogP contribution in [0.3, 0.4) is 0 Å². The summed E-state index contributed by atoms with van der Waals surface area (Å²) in [6.07, 6.45) is 4.70. The third kappa shape index (κ3) is 5.11. The van der Waals surface area contributed by atoms with Gasteiger partial charge in [0.25, 0.3) is 0 Å². The van der Waals surface area contributed by atoms with E-state index in [-0.39, 0.29) is 17.9 Å². The first-order chi connectivity index (χ1) is 10.7. The maximum absolute atomic E-state index is 12.8. The Bertz CT molecular complexity index is 450. The first-order valence-corrected chi connectivity index (χ1v) is 8.28. The zero-order valence-corrected chi connectivity index (χ0v) is 13.5. The van der Waals surface area contributed by atoms with Crippen LogP contribution in [-0.4, -0.2) is 37.1 Å². The summed E-state index contributed by atoms with van der Waals surface area (Å²) in [7, 11) is 1.72. The second kappa shape index (κ2) is 8.91. The molecule has 2 N–H and O–H groups in total. The number of unbranched alkanes of at least 4 members (excludes halogenated alkanes) is 1. The predicted octanol–water partition coefficient (Wildman–Crippen LogP) is 2.57. The Morgan fingerprint density at radius 1 is 1.27 bits per heavy atom. The average Bonchev–Trinajstić information content (AvgIpc) is 2.97. The standard InChI is InChI=1S/C18H28N2O2/c1-22-12-6-5-11-20(14-15-7-3-2-4-8-15)18(21)16-9-10-17(19)13-16/h2-4,7-8,16-17H,5-6,9-14,19H2,1H3. The fourth-order valence-corrected chi connectivity index (χ4v) is 3.12. The van der Waals surface area contributed by atoms with Crippen molar-refractivity contribution in [2.75, 3.05) is 20.3 Å². The Hall–Kier alpha value is -1.39. The largest absolute Gasteiger partial charge is 0.385 e. The number of nitrogens with two attached hydrogens (primary N) is 1. The number of carbonyl (C=O) groups excluding carboxylic acids is 1. The lowest BCUT2D eigenvalue weighted by Crippen LogP contribution is -2.36. The van der Waals surface area contributed by atoms with E-state index in [1.807, 2.05) is 23.1 Å². The van der Waals surface area contributed by atoms with Gasteiger partial charge in [-0.15, -0.1) is 0 Å².